The van der Waals surface area contributed by atoms with Gasteiger partial charge in [-0.25, -0.2) is 14.4 Å². The summed E-state index contributed by atoms with van der Waals surface area (Å²) in [5.74, 6) is 1.73. The summed E-state index contributed by atoms with van der Waals surface area (Å²) in [5.41, 5.74) is 5.69. The van der Waals surface area contributed by atoms with E-state index in [0.29, 0.717) is 47.5 Å². The summed E-state index contributed by atoms with van der Waals surface area (Å²) in [6.45, 7) is 2.70. The Morgan fingerprint density at radius 1 is 1.08 bits per heavy atom. The number of halogens is 1. The molecule has 0 radical (unpaired) electrons. The fourth-order valence-electron chi connectivity index (χ4n) is 6.23. The van der Waals surface area contributed by atoms with Crippen LogP contribution in [0.2, 0.25) is 0 Å². The van der Waals surface area contributed by atoms with Gasteiger partial charge in [-0.15, -0.1) is 0 Å². The number of aryl methyl sites for hydroxylation is 1. The molecule has 9 heteroatoms. The fraction of sp³-hybridized carbons (Fsp3) is 0.357. The van der Waals surface area contributed by atoms with Gasteiger partial charge < -0.3 is 10.2 Å². The van der Waals surface area contributed by atoms with Crippen molar-refractivity contribution in [2.45, 2.75) is 44.6 Å². The van der Waals surface area contributed by atoms with Crippen LogP contribution in [0.25, 0.3) is 16.9 Å². The Hall–Kier alpha value is -3.85. The molecule has 0 spiro atoms. The summed E-state index contributed by atoms with van der Waals surface area (Å²) in [5, 5.41) is 3.69. The number of fused-ring (bicyclic) bond motifs is 1. The van der Waals surface area contributed by atoms with Gasteiger partial charge in [0.15, 0.2) is 11.5 Å². The van der Waals surface area contributed by atoms with E-state index in [4.69, 9.17) is 4.98 Å². The lowest BCUT2D eigenvalue weighted by Gasteiger charge is -2.37. The summed E-state index contributed by atoms with van der Waals surface area (Å²) >= 11 is 0. The molecule has 188 valence electrons. The van der Waals surface area contributed by atoms with Crippen molar-refractivity contribution in [2.24, 2.45) is 0 Å². The summed E-state index contributed by atoms with van der Waals surface area (Å²) < 4.78 is 16.5. The normalized spacial score (nSPS) is 19.5. The average molecular weight is 498 g/mol. The van der Waals surface area contributed by atoms with Crippen molar-refractivity contribution in [3.8, 4) is 5.82 Å². The highest BCUT2D eigenvalue weighted by atomic mass is 19.1. The van der Waals surface area contributed by atoms with Crippen LogP contribution >= 0.6 is 0 Å². The van der Waals surface area contributed by atoms with Crippen LogP contribution in [0.4, 0.5) is 21.8 Å². The van der Waals surface area contributed by atoms with Crippen molar-refractivity contribution < 1.29 is 9.18 Å². The predicted molar refractivity (Wildman–Crippen MR) is 140 cm³/mol. The number of rotatable bonds is 4. The zero-order valence-corrected chi connectivity index (χ0v) is 20.7. The van der Waals surface area contributed by atoms with Crippen LogP contribution in [-0.2, 0) is 17.8 Å². The van der Waals surface area contributed by atoms with Gasteiger partial charge in [-0.3, -0.25) is 14.3 Å². The van der Waals surface area contributed by atoms with E-state index < -0.39 is 5.82 Å². The molecule has 1 fully saturated rings. The molecular formula is C28H28FN7O. The Morgan fingerprint density at radius 3 is 2.81 bits per heavy atom. The number of carbonyl (C=O) groups is 1. The van der Waals surface area contributed by atoms with Gasteiger partial charge in [-0.1, -0.05) is 6.07 Å². The zero-order valence-electron chi connectivity index (χ0n) is 20.7. The highest BCUT2D eigenvalue weighted by molar-refractivity contribution is 5.94. The van der Waals surface area contributed by atoms with E-state index >= 15 is 0 Å². The molecule has 0 saturated carbocycles. The number of amides is 1. The van der Waals surface area contributed by atoms with Crippen molar-refractivity contribution in [1.29, 1.82) is 0 Å². The van der Waals surface area contributed by atoms with Gasteiger partial charge in [0.2, 0.25) is 11.9 Å². The van der Waals surface area contributed by atoms with Gasteiger partial charge in [0, 0.05) is 44.1 Å². The number of hydrogen-bond acceptors (Lipinski definition) is 6. The third-order valence-corrected chi connectivity index (χ3v) is 7.80. The number of nitrogens with one attached hydrogen (secondary N) is 1. The Morgan fingerprint density at radius 2 is 1.95 bits per heavy atom. The predicted octanol–water partition coefficient (Wildman–Crippen LogP) is 4.69. The number of anilines is 3. The second-order valence-corrected chi connectivity index (χ2v) is 10.4. The second kappa shape index (κ2) is 8.62. The Balaban J connectivity index is 1.25. The molecule has 2 aliphatic heterocycles. The van der Waals surface area contributed by atoms with Crippen molar-refractivity contribution in [3.05, 3.63) is 65.2 Å². The topological polar surface area (TPSA) is 79.2 Å². The molecule has 1 aromatic carbocycles. The molecule has 1 saturated heterocycles. The number of aromatic nitrogens is 4. The molecular weight excluding hydrogens is 469 g/mol. The largest absolute Gasteiger partial charge is 0.324 e. The molecule has 5 heterocycles. The van der Waals surface area contributed by atoms with Gasteiger partial charge in [0.25, 0.3) is 0 Å². The minimum atomic E-state index is -0.418. The number of hydrogen-bond donors (Lipinski definition) is 1. The molecule has 7 rings (SSSR count). The maximum absolute atomic E-state index is 14.9. The van der Waals surface area contributed by atoms with Crippen molar-refractivity contribution in [2.75, 3.05) is 30.4 Å². The van der Waals surface area contributed by atoms with Crippen LogP contribution in [-0.4, -0.2) is 50.5 Å². The molecule has 1 aliphatic carbocycles. The smallest absolute Gasteiger partial charge is 0.229 e. The van der Waals surface area contributed by atoms with Crippen LogP contribution in [0.15, 0.2) is 42.7 Å². The zero-order chi connectivity index (χ0) is 25.1. The van der Waals surface area contributed by atoms with Gasteiger partial charge in [-0.05, 0) is 79.6 Å². The van der Waals surface area contributed by atoms with E-state index in [9.17, 15) is 9.18 Å². The van der Waals surface area contributed by atoms with Crippen molar-refractivity contribution >= 4 is 34.4 Å². The lowest BCUT2D eigenvalue weighted by atomic mass is 9.77. The monoisotopic (exact) mass is 497 g/mol. The molecule has 0 bridgehead atoms. The number of carbonyl (C=O) groups excluding carboxylic acids is 1. The minimum Gasteiger partial charge on any atom is -0.324 e. The van der Waals surface area contributed by atoms with Gasteiger partial charge in [-0.2, -0.15) is 4.98 Å². The first kappa shape index (κ1) is 22.4. The van der Waals surface area contributed by atoms with Crippen molar-refractivity contribution in [3.63, 3.8) is 0 Å². The van der Waals surface area contributed by atoms with Gasteiger partial charge in [0.1, 0.15) is 11.6 Å². The Kier molecular flexibility index (Phi) is 5.21. The number of likely N-dealkylation sites (N-methyl/N-ethyl adjacent to an activating group) is 1. The number of benzene rings is 1. The van der Waals surface area contributed by atoms with E-state index in [0.717, 1.165) is 31.6 Å². The average Bonchev–Trinajstić information content (AvgIpc) is 3.46. The van der Waals surface area contributed by atoms with Crippen LogP contribution in [0.5, 0.6) is 0 Å². The summed E-state index contributed by atoms with van der Waals surface area (Å²) in [6.07, 6.45) is 7.77. The first-order valence-corrected chi connectivity index (χ1v) is 13.0. The number of pyridine rings is 1. The van der Waals surface area contributed by atoms with E-state index in [1.54, 1.807) is 21.6 Å². The molecule has 1 atom stereocenters. The maximum Gasteiger partial charge on any atom is 0.229 e. The maximum atomic E-state index is 14.9. The lowest BCUT2D eigenvalue weighted by molar-refractivity contribution is -0.117. The first-order chi connectivity index (χ1) is 18.0. The first-order valence-electron chi connectivity index (χ1n) is 13.0. The molecule has 3 aromatic heterocycles. The SMILES string of the molecule is CN1Cc2cc(Nc3ncc4c(F)cn(-c5cccc(N6CCCC6=O)n5)c4n3)cc3c2C(CCC3)C1. The summed E-state index contributed by atoms with van der Waals surface area (Å²) in [4.78, 5) is 30.1. The molecule has 1 N–H and O–H groups in total. The van der Waals surface area contributed by atoms with Gasteiger partial charge in [0.05, 0.1) is 5.39 Å². The van der Waals surface area contributed by atoms with Gasteiger partial charge >= 0.3 is 0 Å². The number of nitrogens with zero attached hydrogens (tertiary/aromatic N) is 6. The summed E-state index contributed by atoms with van der Waals surface area (Å²) in [7, 11) is 2.18. The second-order valence-electron chi connectivity index (χ2n) is 10.4. The molecule has 37 heavy (non-hydrogen) atoms. The van der Waals surface area contributed by atoms with Crippen LogP contribution < -0.4 is 10.2 Å². The summed E-state index contributed by atoms with van der Waals surface area (Å²) in [6, 6.07) is 9.86. The lowest BCUT2D eigenvalue weighted by Crippen LogP contribution is -2.33. The molecule has 3 aliphatic rings. The van der Waals surface area contributed by atoms with E-state index in [-0.39, 0.29) is 5.91 Å². The fourth-order valence-corrected chi connectivity index (χ4v) is 6.23. The standard InChI is InChI=1S/C28H28FN7O/c1-34-14-18-6-2-5-17-11-20(12-19(15-34)26(17)18)31-28-30-13-21-22(29)16-36(27(21)33-28)24-8-3-7-23(32-24)35-10-4-9-25(35)37/h3,7-8,11-13,16,18H,2,4-6,9-10,14-15H2,1H3,(H,30,31,33). The van der Waals surface area contributed by atoms with E-state index in [1.807, 2.05) is 6.07 Å². The van der Waals surface area contributed by atoms with E-state index in [1.165, 1.54) is 41.9 Å². The Bertz CT molecular complexity index is 1550. The quantitative estimate of drug-likeness (QED) is 0.441. The molecule has 8 nitrogen and oxygen atoms in total. The van der Waals surface area contributed by atoms with Crippen LogP contribution in [0.3, 0.4) is 0 Å². The molecule has 1 amide bonds. The van der Waals surface area contributed by atoms with E-state index in [2.05, 4.69) is 39.4 Å². The third-order valence-electron chi connectivity index (χ3n) is 7.80. The highest BCUT2D eigenvalue weighted by Gasteiger charge is 2.29. The van der Waals surface area contributed by atoms with Crippen LogP contribution in [0.1, 0.15) is 48.3 Å². The Labute approximate surface area is 214 Å². The molecule has 1 unspecified atom stereocenters. The molecule has 4 aromatic rings. The van der Waals surface area contributed by atoms with Crippen molar-refractivity contribution in [1.82, 2.24) is 24.4 Å². The highest BCUT2D eigenvalue weighted by Crippen LogP contribution is 2.40. The van der Waals surface area contributed by atoms with Crippen LogP contribution in [0, 0.1) is 5.82 Å². The third kappa shape index (κ3) is 3.85. The minimum absolute atomic E-state index is 0.0589.